The summed E-state index contributed by atoms with van der Waals surface area (Å²) in [4.78, 5) is 26.0. The van der Waals surface area contributed by atoms with Gasteiger partial charge >= 0.3 is 0 Å². The van der Waals surface area contributed by atoms with Crippen LogP contribution >= 0.6 is 11.6 Å². The van der Waals surface area contributed by atoms with Gasteiger partial charge in [-0.2, -0.15) is 0 Å². The third-order valence-electron chi connectivity index (χ3n) is 4.96. The first-order chi connectivity index (χ1) is 13.6. The van der Waals surface area contributed by atoms with Crippen LogP contribution < -0.4 is 4.90 Å². The van der Waals surface area contributed by atoms with E-state index in [2.05, 4.69) is 0 Å². The van der Waals surface area contributed by atoms with Crippen molar-refractivity contribution in [2.45, 2.75) is 19.9 Å². The van der Waals surface area contributed by atoms with E-state index in [1.165, 1.54) is 17.9 Å². The highest BCUT2D eigenvalue weighted by Crippen LogP contribution is 2.30. The number of hydrogen-bond donors (Lipinski definition) is 0. The molecule has 2 aromatic rings. The Hall–Kier alpha value is -2.81. The number of benzene rings is 2. The standard InChI is InChI=1S/C19H17ClF3N3O3/c1-10-7-16(14(21)8-15(10)26(28)29)24-5-6-25(11(2)9-24)19(27)12-3-4-13(20)18(23)17(12)22/h3-4,7-8,11H,5-6,9H2,1-2H3/t11-/m0/s1. The average Bonchev–Trinajstić information content (AvgIpc) is 2.67. The van der Waals surface area contributed by atoms with Crippen molar-refractivity contribution in [2.24, 2.45) is 0 Å². The second-order valence-corrected chi connectivity index (χ2v) is 7.27. The predicted molar refractivity (Wildman–Crippen MR) is 102 cm³/mol. The van der Waals surface area contributed by atoms with E-state index in [4.69, 9.17) is 11.6 Å². The van der Waals surface area contributed by atoms with E-state index in [1.807, 2.05) is 0 Å². The van der Waals surface area contributed by atoms with Crippen LogP contribution in [-0.4, -0.2) is 41.4 Å². The lowest BCUT2D eigenvalue weighted by Crippen LogP contribution is -2.54. The molecule has 154 valence electrons. The fourth-order valence-corrected chi connectivity index (χ4v) is 3.56. The van der Waals surface area contributed by atoms with Crippen molar-refractivity contribution in [1.29, 1.82) is 0 Å². The van der Waals surface area contributed by atoms with E-state index in [0.717, 1.165) is 18.2 Å². The molecule has 1 heterocycles. The number of hydrogen-bond acceptors (Lipinski definition) is 4. The molecule has 0 unspecified atom stereocenters. The van der Waals surface area contributed by atoms with Crippen molar-refractivity contribution < 1.29 is 22.9 Å². The Bertz CT molecular complexity index is 1000. The summed E-state index contributed by atoms with van der Waals surface area (Å²) in [5.41, 5.74) is -0.232. The lowest BCUT2D eigenvalue weighted by atomic mass is 10.1. The number of nitrogens with zero attached hydrogens (tertiary/aromatic N) is 3. The van der Waals surface area contributed by atoms with Gasteiger partial charge in [0.1, 0.15) is 0 Å². The summed E-state index contributed by atoms with van der Waals surface area (Å²) in [6.07, 6.45) is 0. The molecule has 0 radical (unpaired) electrons. The van der Waals surface area contributed by atoms with Crippen LogP contribution in [0.2, 0.25) is 5.02 Å². The molecule has 0 spiro atoms. The summed E-state index contributed by atoms with van der Waals surface area (Å²) in [7, 11) is 0. The zero-order valence-corrected chi connectivity index (χ0v) is 16.3. The summed E-state index contributed by atoms with van der Waals surface area (Å²) >= 11 is 5.53. The van der Waals surface area contributed by atoms with Gasteiger partial charge in [-0.25, -0.2) is 13.2 Å². The second kappa shape index (κ2) is 7.90. The summed E-state index contributed by atoms with van der Waals surface area (Å²) < 4.78 is 42.2. The molecule has 1 aliphatic heterocycles. The number of rotatable bonds is 3. The van der Waals surface area contributed by atoms with Crippen LogP contribution in [0.15, 0.2) is 24.3 Å². The molecule has 1 amide bonds. The molecule has 1 atom stereocenters. The second-order valence-electron chi connectivity index (χ2n) is 6.86. The van der Waals surface area contributed by atoms with E-state index >= 15 is 0 Å². The smallest absolute Gasteiger partial charge is 0.275 e. The Labute approximate surface area is 169 Å². The molecule has 29 heavy (non-hydrogen) atoms. The predicted octanol–water partition coefficient (Wildman–Crippen LogP) is 4.32. The first-order valence-electron chi connectivity index (χ1n) is 8.75. The minimum absolute atomic E-state index is 0.138. The maximum absolute atomic E-state index is 14.4. The molecule has 0 aliphatic carbocycles. The van der Waals surface area contributed by atoms with Crippen LogP contribution in [-0.2, 0) is 0 Å². The molecular weight excluding hydrogens is 411 g/mol. The van der Waals surface area contributed by atoms with Gasteiger partial charge in [-0.1, -0.05) is 11.6 Å². The molecule has 0 bridgehead atoms. The van der Waals surface area contributed by atoms with Gasteiger partial charge < -0.3 is 9.80 Å². The quantitative estimate of drug-likeness (QED) is 0.415. The zero-order valence-electron chi connectivity index (χ0n) is 15.6. The molecular formula is C19H17ClF3N3O3. The van der Waals surface area contributed by atoms with E-state index in [9.17, 15) is 28.1 Å². The van der Waals surface area contributed by atoms with E-state index in [0.29, 0.717) is 5.56 Å². The average molecular weight is 428 g/mol. The number of piperazine rings is 1. The fraction of sp³-hybridized carbons (Fsp3) is 0.316. The van der Waals surface area contributed by atoms with Gasteiger partial charge in [-0.15, -0.1) is 0 Å². The Morgan fingerprint density at radius 2 is 1.90 bits per heavy atom. The largest absolute Gasteiger partial charge is 0.365 e. The van der Waals surface area contributed by atoms with Gasteiger partial charge in [0.25, 0.3) is 11.6 Å². The minimum atomic E-state index is -1.31. The van der Waals surface area contributed by atoms with E-state index in [1.54, 1.807) is 11.8 Å². The van der Waals surface area contributed by atoms with Crippen molar-refractivity contribution in [3.63, 3.8) is 0 Å². The number of nitro groups is 1. The topological polar surface area (TPSA) is 66.7 Å². The summed E-state index contributed by atoms with van der Waals surface area (Å²) in [6.45, 7) is 3.80. The van der Waals surface area contributed by atoms with Gasteiger partial charge in [0, 0.05) is 31.2 Å². The van der Waals surface area contributed by atoms with Crippen molar-refractivity contribution in [2.75, 3.05) is 24.5 Å². The Kier molecular flexibility index (Phi) is 5.70. The summed E-state index contributed by atoms with van der Waals surface area (Å²) in [5, 5.41) is 10.5. The van der Waals surface area contributed by atoms with Crippen LogP contribution in [0.25, 0.3) is 0 Å². The minimum Gasteiger partial charge on any atom is -0.365 e. The SMILES string of the molecule is Cc1cc(N2CCN(C(=O)c3ccc(Cl)c(F)c3F)[C@@H](C)C2)c(F)cc1[N+](=O)[O-]. The van der Waals surface area contributed by atoms with Crippen LogP contribution in [0.5, 0.6) is 0 Å². The van der Waals surface area contributed by atoms with Crippen LogP contribution in [0, 0.1) is 34.5 Å². The molecule has 2 aromatic carbocycles. The molecule has 3 rings (SSSR count). The number of anilines is 1. The first kappa shape index (κ1) is 20.9. The normalized spacial score (nSPS) is 16.8. The molecule has 6 nitrogen and oxygen atoms in total. The highest BCUT2D eigenvalue weighted by molar-refractivity contribution is 6.30. The maximum Gasteiger partial charge on any atom is 0.275 e. The number of halogens is 4. The number of nitro benzene ring substituents is 1. The number of amides is 1. The zero-order chi connectivity index (χ0) is 21.5. The first-order valence-corrected chi connectivity index (χ1v) is 9.13. The van der Waals surface area contributed by atoms with Crippen molar-refractivity contribution >= 4 is 28.9 Å². The van der Waals surface area contributed by atoms with Gasteiger partial charge in [0.15, 0.2) is 17.5 Å². The van der Waals surface area contributed by atoms with Gasteiger partial charge in [-0.05, 0) is 32.0 Å². The van der Waals surface area contributed by atoms with Crippen molar-refractivity contribution in [3.8, 4) is 0 Å². The number of carbonyl (C=O) groups is 1. The van der Waals surface area contributed by atoms with Gasteiger partial charge in [0.2, 0.25) is 0 Å². The monoisotopic (exact) mass is 427 g/mol. The molecule has 0 saturated carbocycles. The van der Waals surface area contributed by atoms with Crippen LogP contribution in [0.3, 0.4) is 0 Å². The Balaban J connectivity index is 1.81. The highest BCUT2D eigenvalue weighted by atomic mass is 35.5. The van der Waals surface area contributed by atoms with Crippen LogP contribution in [0.1, 0.15) is 22.8 Å². The molecule has 1 fully saturated rings. The lowest BCUT2D eigenvalue weighted by molar-refractivity contribution is -0.385. The Morgan fingerprint density at radius 3 is 2.52 bits per heavy atom. The fourth-order valence-electron chi connectivity index (χ4n) is 3.42. The van der Waals surface area contributed by atoms with Gasteiger partial charge in [0.05, 0.1) is 27.3 Å². The number of aryl methyl sites for hydroxylation is 1. The molecule has 10 heteroatoms. The third kappa shape index (κ3) is 3.87. The highest BCUT2D eigenvalue weighted by Gasteiger charge is 2.32. The summed E-state index contributed by atoms with van der Waals surface area (Å²) in [6, 6.07) is 4.07. The molecule has 0 aromatic heterocycles. The van der Waals surface area contributed by atoms with E-state index < -0.39 is 44.9 Å². The molecule has 0 N–H and O–H groups in total. The lowest BCUT2D eigenvalue weighted by Gasteiger charge is -2.41. The maximum atomic E-state index is 14.4. The molecule has 1 aliphatic rings. The summed E-state index contributed by atoms with van der Waals surface area (Å²) in [5.74, 6) is -4.02. The van der Waals surface area contributed by atoms with Crippen molar-refractivity contribution in [3.05, 3.63) is 68.0 Å². The number of carbonyl (C=O) groups excluding carboxylic acids is 1. The van der Waals surface area contributed by atoms with E-state index in [-0.39, 0.29) is 31.0 Å². The molecule has 1 saturated heterocycles. The van der Waals surface area contributed by atoms with Crippen molar-refractivity contribution in [1.82, 2.24) is 4.90 Å². The Morgan fingerprint density at radius 1 is 1.21 bits per heavy atom. The third-order valence-corrected chi connectivity index (χ3v) is 5.25. The van der Waals surface area contributed by atoms with Crippen LogP contribution in [0.4, 0.5) is 24.5 Å². The van der Waals surface area contributed by atoms with Gasteiger partial charge in [-0.3, -0.25) is 14.9 Å².